The molecule has 2 aromatic rings. The van der Waals surface area contributed by atoms with Crippen molar-refractivity contribution in [3.05, 3.63) is 50.9 Å². The van der Waals surface area contributed by atoms with E-state index in [1.54, 1.807) is 11.3 Å². The van der Waals surface area contributed by atoms with Gasteiger partial charge >= 0.3 is 0 Å². The topological polar surface area (TPSA) is 24.9 Å². The van der Waals surface area contributed by atoms with Crippen molar-refractivity contribution in [1.82, 2.24) is 10.3 Å². The molecule has 0 fully saturated rings. The first-order valence-electron chi connectivity index (χ1n) is 6.68. The van der Waals surface area contributed by atoms with Gasteiger partial charge in [0.05, 0.1) is 16.1 Å². The van der Waals surface area contributed by atoms with Crippen LogP contribution in [0.4, 0.5) is 0 Å². The predicted molar refractivity (Wildman–Crippen MR) is 83.1 cm³/mol. The van der Waals surface area contributed by atoms with Gasteiger partial charge in [-0.2, -0.15) is 0 Å². The molecule has 4 heteroatoms. The lowest BCUT2D eigenvalue weighted by Gasteiger charge is -2.19. The monoisotopic (exact) mass is 294 g/mol. The van der Waals surface area contributed by atoms with E-state index in [4.69, 9.17) is 11.6 Å². The van der Waals surface area contributed by atoms with E-state index in [0.717, 1.165) is 29.4 Å². The Morgan fingerprint density at radius 1 is 1.32 bits per heavy atom. The minimum atomic E-state index is 0.147. The molecule has 2 rings (SSSR count). The normalized spacial score (nSPS) is 12.6. The number of pyridine rings is 1. The first-order valence-corrected chi connectivity index (χ1v) is 7.88. The molecule has 1 N–H and O–H groups in total. The standard InChI is InChI=1S/C15H19ClN2S/c1-3-9-17-15(12-7-8-13(16)19-12)14-11(4-2)6-5-10-18-14/h5-8,10,15,17H,3-4,9H2,1-2H3. The number of aryl methyl sites for hydroxylation is 1. The minimum absolute atomic E-state index is 0.147. The summed E-state index contributed by atoms with van der Waals surface area (Å²) in [6, 6.07) is 8.35. The van der Waals surface area contributed by atoms with Crippen LogP contribution in [0.5, 0.6) is 0 Å². The number of hydrogen-bond donors (Lipinski definition) is 1. The molecule has 1 atom stereocenters. The van der Waals surface area contributed by atoms with Crippen molar-refractivity contribution < 1.29 is 0 Å². The Balaban J connectivity index is 2.36. The van der Waals surface area contributed by atoms with Crippen LogP contribution in [0.3, 0.4) is 0 Å². The average Bonchev–Trinajstić information content (AvgIpc) is 2.86. The Morgan fingerprint density at radius 2 is 2.16 bits per heavy atom. The molecule has 0 spiro atoms. The minimum Gasteiger partial charge on any atom is -0.304 e. The molecule has 0 aliphatic carbocycles. The van der Waals surface area contributed by atoms with Crippen molar-refractivity contribution >= 4 is 22.9 Å². The molecular weight excluding hydrogens is 276 g/mol. The Hall–Kier alpha value is -0.900. The highest BCUT2D eigenvalue weighted by atomic mass is 35.5. The van der Waals surface area contributed by atoms with E-state index in [1.165, 1.54) is 10.4 Å². The van der Waals surface area contributed by atoms with Gasteiger partial charge in [-0.3, -0.25) is 4.98 Å². The highest BCUT2D eigenvalue weighted by molar-refractivity contribution is 7.16. The molecule has 0 saturated heterocycles. The average molecular weight is 295 g/mol. The second-order valence-corrected chi connectivity index (χ2v) is 6.18. The van der Waals surface area contributed by atoms with Gasteiger partial charge in [0.15, 0.2) is 0 Å². The summed E-state index contributed by atoms with van der Waals surface area (Å²) in [6.07, 6.45) is 3.96. The summed E-state index contributed by atoms with van der Waals surface area (Å²) >= 11 is 7.69. The Bertz CT molecular complexity index is 524. The Kier molecular flexibility index (Phi) is 5.37. The maximum atomic E-state index is 6.07. The third kappa shape index (κ3) is 3.56. The van der Waals surface area contributed by atoms with Crippen molar-refractivity contribution in [2.45, 2.75) is 32.7 Å². The molecule has 0 amide bonds. The fourth-order valence-corrected chi connectivity index (χ4v) is 3.25. The Labute approximate surface area is 123 Å². The number of thiophene rings is 1. The molecule has 2 nitrogen and oxygen atoms in total. The summed E-state index contributed by atoms with van der Waals surface area (Å²) in [5, 5.41) is 3.58. The van der Waals surface area contributed by atoms with Crippen molar-refractivity contribution in [3.63, 3.8) is 0 Å². The molecular formula is C15H19ClN2S. The van der Waals surface area contributed by atoms with Gasteiger partial charge in [0, 0.05) is 11.1 Å². The summed E-state index contributed by atoms with van der Waals surface area (Å²) in [7, 11) is 0. The van der Waals surface area contributed by atoms with Gasteiger partial charge in [-0.15, -0.1) is 11.3 Å². The lowest BCUT2D eigenvalue weighted by atomic mass is 10.0. The second kappa shape index (κ2) is 7.04. The number of rotatable bonds is 6. The van der Waals surface area contributed by atoms with Crippen molar-refractivity contribution in [1.29, 1.82) is 0 Å². The van der Waals surface area contributed by atoms with Crippen LogP contribution in [0.1, 0.15) is 42.4 Å². The zero-order valence-electron chi connectivity index (χ0n) is 11.3. The highest BCUT2D eigenvalue weighted by Gasteiger charge is 2.19. The lowest BCUT2D eigenvalue weighted by molar-refractivity contribution is 0.589. The number of hydrogen-bond acceptors (Lipinski definition) is 3. The van der Waals surface area contributed by atoms with Crippen LogP contribution in [-0.4, -0.2) is 11.5 Å². The van der Waals surface area contributed by atoms with Gasteiger partial charge < -0.3 is 5.32 Å². The van der Waals surface area contributed by atoms with Crippen molar-refractivity contribution in [3.8, 4) is 0 Å². The van der Waals surface area contributed by atoms with Gasteiger partial charge in [-0.1, -0.05) is 31.5 Å². The number of aromatic nitrogens is 1. The largest absolute Gasteiger partial charge is 0.304 e. The van der Waals surface area contributed by atoms with Crippen LogP contribution in [0.25, 0.3) is 0 Å². The molecule has 0 aliphatic rings. The van der Waals surface area contributed by atoms with Crippen LogP contribution in [0.2, 0.25) is 4.34 Å². The number of nitrogens with zero attached hydrogens (tertiary/aromatic N) is 1. The maximum absolute atomic E-state index is 6.07. The van der Waals surface area contributed by atoms with Crippen LogP contribution >= 0.6 is 22.9 Å². The van der Waals surface area contributed by atoms with E-state index in [-0.39, 0.29) is 6.04 Å². The second-order valence-electron chi connectivity index (χ2n) is 4.43. The lowest BCUT2D eigenvalue weighted by Crippen LogP contribution is -2.24. The van der Waals surface area contributed by atoms with Crippen LogP contribution in [-0.2, 0) is 6.42 Å². The van der Waals surface area contributed by atoms with Gasteiger partial charge in [-0.25, -0.2) is 0 Å². The van der Waals surface area contributed by atoms with Gasteiger partial charge in [0.25, 0.3) is 0 Å². The quantitative estimate of drug-likeness (QED) is 0.851. The molecule has 2 aromatic heterocycles. The SMILES string of the molecule is CCCNC(c1ccc(Cl)s1)c1ncccc1CC. The smallest absolute Gasteiger partial charge is 0.0931 e. The molecule has 0 bridgehead atoms. The summed E-state index contributed by atoms with van der Waals surface area (Å²) in [5.41, 5.74) is 2.41. The van der Waals surface area contributed by atoms with Gasteiger partial charge in [0.2, 0.25) is 0 Å². The van der Waals surface area contributed by atoms with E-state index in [1.807, 2.05) is 18.3 Å². The third-order valence-corrected chi connectivity index (χ3v) is 4.35. The van der Waals surface area contributed by atoms with Crippen molar-refractivity contribution in [2.75, 3.05) is 6.54 Å². The first-order chi connectivity index (χ1) is 9.26. The zero-order valence-corrected chi connectivity index (χ0v) is 12.9. The zero-order chi connectivity index (χ0) is 13.7. The summed E-state index contributed by atoms with van der Waals surface area (Å²) in [6.45, 7) is 5.31. The van der Waals surface area contributed by atoms with E-state index >= 15 is 0 Å². The molecule has 19 heavy (non-hydrogen) atoms. The van der Waals surface area contributed by atoms with Crippen LogP contribution < -0.4 is 5.32 Å². The Morgan fingerprint density at radius 3 is 2.79 bits per heavy atom. The molecule has 102 valence electrons. The van der Waals surface area contributed by atoms with Crippen LogP contribution in [0.15, 0.2) is 30.5 Å². The molecule has 0 aliphatic heterocycles. The predicted octanol–water partition coefficient (Wildman–Crippen LogP) is 4.45. The third-order valence-electron chi connectivity index (χ3n) is 3.06. The van der Waals surface area contributed by atoms with E-state index in [2.05, 4.69) is 36.3 Å². The number of halogens is 1. The van der Waals surface area contributed by atoms with Crippen molar-refractivity contribution in [2.24, 2.45) is 0 Å². The highest BCUT2D eigenvalue weighted by Crippen LogP contribution is 2.31. The van der Waals surface area contributed by atoms with E-state index < -0.39 is 0 Å². The molecule has 0 radical (unpaired) electrons. The molecule has 1 unspecified atom stereocenters. The first kappa shape index (κ1) is 14.5. The maximum Gasteiger partial charge on any atom is 0.0931 e. The van der Waals surface area contributed by atoms with E-state index in [9.17, 15) is 0 Å². The summed E-state index contributed by atoms with van der Waals surface area (Å²) in [4.78, 5) is 5.82. The number of nitrogens with one attached hydrogen (secondary N) is 1. The summed E-state index contributed by atoms with van der Waals surface area (Å²) in [5.74, 6) is 0. The molecule has 0 aromatic carbocycles. The van der Waals surface area contributed by atoms with E-state index in [0.29, 0.717) is 0 Å². The fourth-order valence-electron chi connectivity index (χ4n) is 2.11. The molecule has 2 heterocycles. The molecule has 0 saturated carbocycles. The fraction of sp³-hybridized carbons (Fsp3) is 0.400. The van der Waals surface area contributed by atoms with Gasteiger partial charge in [-0.05, 0) is 43.1 Å². The van der Waals surface area contributed by atoms with Crippen LogP contribution in [0, 0.1) is 0 Å². The van der Waals surface area contributed by atoms with Gasteiger partial charge in [0.1, 0.15) is 0 Å². The summed E-state index contributed by atoms with van der Waals surface area (Å²) < 4.78 is 0.826.